The van der Waals surface area contributed by atoms with Crippen molar-refractivity contribution in [2.75, 3.05) is 13.2 Å². The molecule has 0 saturated carbocycles. The van der Waals surface area contributed by atoms with Crippen molar-refractivity contribution in [3.63, 3.8) is 0 Å². The number of ether oxygens (including phenoxy) is 1. The molecule has 3 heteroatoms. The van der Waals surface area contributed by atoms with Crippen LogP contribution in [0.15, 0.2) is 24.3 Å². The van der Waals surface area contributed by atoms with Gasteiger partial charge in [-0.25, -0.2) is 0 Å². The minimum atomic E-state index is 0.188. The summed E-state index contributed by atoms with van der Waals surface area (Å²) in [5.74, 6) is 0.629. The number of nitrogens with two attached hydrogens (primary N) is 1. The molecule has 0 bridgehead atoms. The highest BCUT2D eigenvalue weighted by Gasteiger charge is 2.34. The highest BCUT2D eigenvalue weighted by Crippen LogP contribution is 2.43. The highest BCUT2D eigenvalue weighted by atomic mass is 32.2. The van der Waals surface area contributed by atoms with E-state index in [1.54, 1.807) is 0 Å². The Bertz CT molecular complexity index is 405. The van der Waals surface area contributed by atoms with E-state index in [2.05, 4.69) is 31.2 Å². The maximum Gasteiger partial charge on any atom is 0.0608 e. The SMILES string of the molecule is CC1CC(SC2COC2)C(N)c2ccccc21. The first-order valence-corrected chi connectivity index (χ1v) is 7.27. The number of hydrogen-bond donors (Lipinski definition) is 1. The van der Waals surface area contributed by atoms with Crippen molar-refractivity contribution in [2.45, 2.75) is 35.8 Å². The predicted octanol–water partition coefficient (Wildman–Crippen LogP) is 2.69. The van der Waals surface area contributed by atoms with Crippen LogP contribution in [0.2, 0.25) is 0 Å². The monoisotopic (exact) mass is 249 g/mol. The first kappa shape index (κ1) is 11.6. The summed E-state index contributed by atoms with van der Waals surface area (Å²) in [7, 11) is 0. The van der Waals surface area contributed by atoms with Crippen LogP contribution in [0.1, 0.15) is 36.4 Å². The number of rotatable bonds is 2. The molecule has 3 atom stereocenters. The lowest BCUT2D eigenvalue weighted by atomic mass is 9.81. The molecule has 1 aliphatic carbocycles. The maximum atomic E-state index is 6.42. The van der Waals surface area contributed by atoms with Crippen LogP contribution in [0.25, 0.3) is 0 Å². The number of fused-ring (bicyclic) bond motifs is 1. The first-order valence-electron chi connectivity index (χ1n) is 6.33. The van der Waals surface area contributed by atoms with Crippen molar-refractivity contribution < 1.29 is 4.74 Å². The summed E-state index contributed by atoms with van der Waals surface area (Å²) in [5, 5.41) is 1.22. The molecule has 1 heterocycles. The van der Waals surface area contributed by atoms with Crippen LogP contribution in [0, 0.1) is 0 Å². The molecule has 2 nitrogen and oxygen atoms in total. The third-order valence-electron chi connectivity index (χ3n) is 3.85. The van der Waals surface area contributed by atoms with Crippen LogP contribution in [0.5, 0.6) is 0 Å². The normalized spacial score (nSPS) is 32.9. The Labute approximate surface area is 107 Å². The maximum absolute atomic E-state index is 6.42. The van der Waals surface area contributed by atoms with Gasteiger partial charge in [-0.2, -0.15) is 0 Å². The fourth-order valence-corrected chi connectivity index (χ4v) is 4.33. The molecule has 1 aromatic carbocycles. The van der Waals surface area contributed by atoms with E-state index in [0.717, 1.165) is 13.2 Å². The van der Waals surface area contributed by atoms with Gasteiger partial charge in [0, 0.05) is 11.3 Å². The summed E-state index contributed by atoms with van der Waals surface area (Å²) in [6, 6.07) is 8.83. The average Bonchev–Trinajstić information content (AvgIpc) is 2.30. The molecule has 0 amide bonds. The molecule has 3 rings (SSSR count). The van der Waals surface area contributed by atoms with Crippen molar-refractivity contribution in [3.8, 4) is 0 Å². The lowest BCUT2D eigenvalue weighted by Gasteiger charge is -2.38. The second kappa shape index (κ2) is 4.63. The van der Waals surface area contributed by atoms with Gasteiger partial charge in [-0.05, 0) is 23.5 Å². The molecule has 92 valence electrons. The van der Waals surface area contributed by atoms with Gasteiger partial charge in [0.05, 0.1) is 18.5 Å². The van der Waals surface area contributed by atoms with Gasteiger partial charge in [0.25, 0.3) is 0 Å². The van der Waals surface area contributed by atoms with E-state index in [1.807, 2.05) is 11.8 Å². The van der Waals surface area contributed by atoms with Crippen molar-refractivity contribution in [1.29, 1.82) is 0 Å². The minimum Gasteiger partial charge on any atom is -0.379 e. The van der Waals surface area contributed by atoms with Crippen LogP contribution >= 0.6 is 11.8 Å². The largest absolute Gasteiger partial charge is 0.379 e. The summed E-state index contributed by atoms with van der Waals surface area (Å²) in [6.45, 7) is 4.13. The number of thioether (sulfide) groups is 1. The van der Waals surface area contributed by atoms with E-state index in [4.69, 9.17) is 10.5 Å². The van der Waals surface area contributed by atoms with E-state index in [1.165, 1.54) is 17.5 Å². The van der Waals surface area contributed by atoms with Gasteiger partial charge in [-0.3, -0.25) is 0 Å². The Morgan fingerprint density at radius 2 is 1.94 bits per heavy atom. The average molecular weight is 249 g/mol. The van der Waals surface area contributed by atoms with E-state index >= 15 is 0 Å². The van der Waals surface area contributed by atoms with Crippen LogP contribution in [0.3, 0.4) is 0 Å². The van der Waals surface area contributed by atoms with Crippen molar-refractivity contribution in [3.05, 3.63) is 35.4 Å². The lowest BCUT2D eigenvalue weighted by molar-refractivity contribution is 0.0451. The summed E-state index contributed by atoms with van der Waals surface area (Å²) in [5.41, 5.74) is 9.22. The van der Waals surface area contributed by atoms with Crippen molar-refractivity contribution in [2.24, 2.45) is 5.73 Å². The first-order chi connectivity index (χ1) is 8.25. The minimum absolute atomic E-state index is 0.188. The van der Waals surface area contributed by atoms with Crippen LogP contribution in [-0.2, 0) is 4.74 Å². The molecule has 2 N–H and O–H groups in total. The fraction of sp³-hybridized carbons (Fsp3) is 0.571. The molecule has 2 aliphatic rings. The molecule has 0 spiro atoms. The van der Waals surface area contributed by atoms with Crippen molar-refractivity contribution >= 4 is 11.8 Å². The Morgan fingerprint density at radius 3 is 2.59 bits per heavy atom. The summed E-state index contributed by atoms with van der Waals surface area (Å²) >= 11 is 2.03. The third-order valence-corrected chi connectivity index (χ3v) is 5.34. The lowest BCUT2D eigenvalue weighted by Crippen LogP contribution is -2.37. The molecular formula is C14H19NOS. The van der Waals surface area contributed by atoms with E-state index < -0.39 is 0 Å². The highest BCUT2D eigenvalue weighted by molar-refractivity contribution is 8.00. The molecule has 1 fully saturated rings. The van der Waals surface area contributed by atoms with Crippen LogP contribution in [-0.4, -0.2) is 23.7 Å². The zero-order valence-corrected chi connectivity index (χ0v) is 11.0. The quantitative estimate of drug-likeness (QED) is 0.875. The Balaban J connectivity index is 1.81. The Hall–Kier alpha value is -0.510. The third kappa shape index (κ3) is 2.12. The summed E-state index contributed by atoms with van der Waals surface area (Å²) < 4.78 is 5.25. The van der Waals surface area contributed by atoms with E-state index in [0.29, 0.717) is 16.4 Å². The van der Waals surface area contributed by atoms with Crippen LogP contribution < -0.4 is 5.73 Å². The number of benzene rings is 1. The zero-order chi connectivity index (χ0) is 11.8. The fourth-order valence-electron chi connectivity index (χ4n) is 2.77. The van der Waals surface area contributed by atoms with Gasteiger partial charge in [0.1, 0.15) is 0 Å². The predicted molar refractivity (Wildman–Crippen MR) is 72.4 cm³/mol. The summed E-state index contributed by atoms with van der Waals surface area (Å²) in [4.78, 5) is 0. The van der Waals surface area contributed by atoms with E-state index in [-0.39, 0.29) is 6.04 Å². The smallest absolute Gasteiger partial charge is 0.0608 e. The van der Waals surface area contributed by atoms with Gasteiger partial charge in [-0.15, -0.1) is 11.8 Å². The standard InChI is InChI=1S/C14H19NOS/c1-9-6-13(17-10-7-16-8-10)14(15)12-5-3-2-4-11(9)12/h2-5,9-10,13-14H,6-8,15H2,1H3. The van der Waals surface area contributed by atoms with Crippen molar-refractivity contribution in [1.82, 2.24) is 0 Å². The Kier molecular flexibility index (Phi) is 3.16. The molecule has 1 aromatic rings. The second-order valence-electron chi connectivity index (χ2n) is 5.13. The van der Waals surface area contributed by atoms with E-state index in [9.17, 15) is 0 Å². The molecular weight excluding hydrogens is 230 g/mol. The van der Waals surface area contributed by atoms with Gasteiger partial charge in [0.2, 0.25) is 0 Å². The molecule has 1 aliphatic heterocycles. The summed E-state index contributed by atoms with van der Waals surface area (Å²) in [6.07, 6.45) is 1.19. The molecule has 1 saturated heterocycles. The van der Waals surface area contributed by atoms with Gasteiger partial charge < -0.3 is 10.5 Å². The van der Waals surface area contributed by atoms with Crippen LogP contribution in [0.4, 0.5) is 0 Å². The molecule has 17 heavy (non-hydrogen) atoms. The number of hydrogen-bond acceptors (Lipinski definition) is 3. The molecule has 0 radical (unpaired) electrons. The molecule has 3 unspecified atom stereocenters. The zero-order valence-electron chi connectivity index (χ0n) is 10.1. The Morgan fingerprint density at radius 1 is 1.24 bits per heavy atom. The molecule has 0 aromatic heterocycles. The van der Waals surface area contributed by atoms with Gasteiger partial charge >= 0.3 is 0 Å². The second-order valence-corrected chi connectivity index (χ2v) is 6.67. The topological polar surface area (TPSA) is 35.2 Å². The van der Waals surface area contributed by atoms with Gasteiger partial charge in [-0.1, -0.05) is 31.2 Å². The van der Waals surface area contributed by atoms with Gasteiger partial charge in [0.15, 0.2) is 0 Å².